The highest BCUT2D eigenvalue weighted by Crippen LogP contribution is 2.08. The van der Waals surface area contributed by atoms with Crippen molar-refractivity contribution in [2.75, 3.05) is 13.1 Å². The van der Waals surface area contributed by atoms with Gasteiger partial charge in [0.25, 0.3) is 0 Å². The molecule has 0 aromatic rings. The molecule has 1 aliphatic heterocycles. The van der Waals surface area contributed by atoms with Crippen LogP contribution in [-0.2, 0) is 0 Å². The maximum absolute atomic E-state index is 4.36. The number of hydrogen-bond acceptors (Lipinski definition) is 2. The molecule has 0 aromatic heterocycles. The van der Waals surface area contributed by atoms with Crippen molar-refractivity contribution in [2.45, 2.75) is 39.5 Å². The van der Waals surface area contributed by atoms with Crippen LogP contribution in [0, 0.1) is 5.92 Å². The molecule has 1 aliphatic rings. The number of nitrogens with zero attached hydrogens (tertiary/aromatic N) is 1. The van der Waals surface area contributed by atoms with Gasteiger partial charge in [-0.3, -0.25) is 4.99 Å². The molecule has 2 nitrogen and oxygen atoms in total. The molecule has 70 valence electrons. The number of hydrogen-bond donors (Lipinski definition) is 1. The summed E-state index contributed by atoms with van der Waals surface area (Å²) in [6.07, 6.45) is 5.16. The molecule has 0 spiro atoms. The van der Waals surface area contributed by atoms with Gasteiger partial charge in [0.15, 0.2) is 0 Å². The molecule has 0 aromatic carbocycles. The Bertz CT molecular complexity index is 150. The zero-order valence-electron chi connectivity index (χ0n) is 8.27. The van der Waals surface area contributed by atoms with Crippen molar-refractivity contribution in [2.24, 2.45) is 10.9 Å². The number of nitrogens with one attached hydrogen (secondary N) is 1. The molecule has 0 saturated heterocycles. The zero-order chi connectivity index (χ0) is 8.81. The third-order valence-corrected chi connectivity index (χ3v) is 2.19. The van der Waals surface area contributed by atoms with Gasteiger partial charge in [-0.1, -0.05) is 26.7 Å². The molecule has 0 radical (unpaired) electrons. The van der Waals surface area contributed by atoms with Crippen LogP contribution in [-0.4, -0.2) is 18.9 Å². The van der Waals surface area contributed by atoms with Crippen LogP contribution >= 0.6 is 0 Å². The van der Waals surface area contributed by atoms with Crippen molar-refractivity contribution in [1.82, 2.24) is 5.32 Å². The normalized spacial score (nSPS) is 16.4. The van der Waals surface area contributed by atoms with Crippen LogP contribution in [0.25, 0.3) is 0 Å². The van der Waals surface area contributed by atoms with Crippen LogP contribution in [0.5, 0.6) is 0 Å². The Morgan fingerprint density at radius 3 is 2.83 bits per heavy atom. The molecule has 1 N–H and O–H groups in total. The second-order valence-corrected chi connectivity index (χ2v) is 3.89. The monoisotopic (exact) mass is 168 g/mol. The van der Waals surface area contributed by atoms with Crippen LogP contribution in [0.2, 0.25) is 0 Å². The average Bonchev–Trinajstić information content (AvgIpc) is 2.49. The summed E-state index contributed by atoms with van der Waals surface area (Å²) in [5, 5.41) is 3.29. The van der Waals surface area contributed by atoms with Crippen molar-refractivity contribution in [3.63, 3.8) is 0 Å². The third kappa shape index (κ3) is 3.74. The van der Waals surface area contributed by atoms with Gasteiger partial charge in [0.2, 0.25) is 0 Å². The van der Waals surface area contributed by atoms with E-state index >= 15 is 0 Å². The van der Waals surface area contributed by atoms with Crippen molar-refractivity contribution in [1.29, 1.82) is 0 Å². The largest absolute Gasteiger partial charge is 0.372 e. The summed E-state index contributed by atoms with van der Waals surface area (Å²) in [5.74, 6) is 2.09. The van der Waals surface area contributed by atoms with Crippen LogP contribution in [0.3, 0.4) is 0 Å². The quantitative estimate of drug-likeness (QED) is 0.625. The van der Waals surface area contributed by atoms with Crippen LogP contribution < -0.4 is 5.32 Å². The molecule has 0 fully saturated rings. The second kappa shape index (κ2) is 5.18. The summed E-state index contributed by atoms with van der Waals surface area (Å²) in [6, 6.07) is 0. The maximum atomic E-state index is 4.36. The lowest BCUT2D eigenvalue weighted by Gasteiger charge is -2.04. The van der Waals surface area contributed by atoms with Gasteiger partial charge in [-0.25, -0.2) is 0 Å². The summed E-state index contributed by atoms with van der Waals surface area (Å²) in [7, 11) is 0. The highest BCUT2D eigenvalue weighted by atomic mass is 15.1. The summed E-state index contributed by atoms with van der Waals surface area (Å²) >= 11 is 0. The second-order valence-electron chi connectivity index (χ2n) is 3.89. The number of amidine groups is 1. The molecule has 12 heavy (non-hydrogen) atoms. The molecule has 0 saturated carbocycles. The van der Waals surface area contributed by atoms with Crippen molar-refractivity contribution in [3.8, 4) is 0 Å². The summed E-state index contributed by atoms with van der Waals surface area (Å²) in [6.45, 7) is 6.61. The van der Waals surface area contributed by atoms with Gasteiger partial charge in [0, 0.05) is 13.0 Å². The maximum Gasteiger partial charge on any atom is 0.0964 e. The standard InChI is InChI=1S/C10H20N2/c1-9(2)5-3-4-6-10-11-7-8-12-10/h9H,3-8H2,1-2H3,(H,11,12). The first-order valence-corrected chi connectivity index (χ1v) is 5.06. The van der Waals surface area contributed by atoms with E-state index < -0.39 is 0 Å². The van der Waals surface area contributed by atoms with E-state index in [9.17, 15) is 0 Å². The van der Waals surface area contributed by atoms with E-state index in [4.69, 9.17) is 0 Å². The fraction of sp³-hybridized carbons (Fsp3) is 0.900. The Hall–Kier alpha value is -0.530. The Balaban J connectivity index is 1.95. The lowest BCUT2D eigenvalue weighted by Crippen LogP contribution is -2.17. The number of rotatable bonds is 5. The lowest BCUT2D eigenvalue weighted by atomic mass is 10.1. The van der Waals surface area contributed by atoms with Crippen LogP contribution in [0.15, 0.2) is 4.99 Å². The molecule has 1 rings (SSSR count). The van der Waals surface area contributed by atoms with E-state index in [2.05, 4.69) is 24.2 Å². The predicted molar refractivity (Wildman–Crippen MR) is 53.6 cm³/mol. The third-order valence-electron chi connectivity index (χ3n) is 2.19. The Kier molecular flexibility index (Phi) is 4.12. The lowest BCUT2D eigenvalue weighted by molar-refractivity contribution is 0.542. The van der Waals surface area contributed by atoms with Crippen molar-refractivity contribution >= 4 is 5.84 Å². The first-order chi connectivity index (χ1) is 5.79. The minimum absolute atomic E-state index is 0.850. The zero-order valence-corrected chi connectivity index (χ0v) is 8.27. The summed E-state index contributed by atoms with van der Waals surface area (Å²) < 4.78 is 0. The molecule has 0 bridgehead atoms. The van der Waals surface area contributed by atoms with E-state index in [1.165, 1.54) is 25.1 Å². The molecular weight excluding hydrogens is 148 g/mol. The molecule has 2 heteroatoms. The van der Waals surface area contributed by atoms with E-state index in [1.54, 1.807) is 0 Å². The molecule has 0 amide bonds. The van der Waals surface area contributed by atoms with E-state index in [0.29, 0.717) is 0 Å². The van der Waals surface area contributed by atoms with Crippen molar-refractivity contribution in [3.05, 3.63) is 0 Å². The fourth-order valence-electron chi connectivity index (χ4n) is 1.46. The smallest absolute Gasteiger partial charge is 0.0964 e. The van der Waals surface area contributed by atoms with E-state index in [0.717, 1.165) is 25.4 Å². The fourth-order valence-corrected chi connectivity index (χ4v) is 1.46. The topological polar surface area (TPSA) is 24.4 Å². The van der Waals surface area contributed by atoms with Crippen molar-refractivity contribution < 1.29 is 0 Å². The van der Waals surface area contributed by atoms with E-state index in [1.807, 2.05) is 0 Å². The minimum atomic E-state index is 0.850. The molecule has 0 unspecified atom stereocenters. The summed E-state index contributed by atoms with van der Waals surface area (Å²) in [4.78, 5) is 4.36. The first kappa shape index (κ1) is 9.56. The molecule has 0 atom stereocenters. The predicted octanol–water partition coefficient (Wildman–Crippen LogP) is 2.20. The van der Waals surface area contributed by atoms with Crippen LogP contribution in [0.1, 0.15) is 39.5 Å². The van der Waals surface area contributed by atoms with Gasteiger partial charge in [-0.05, 0) is 12.3 Å². The number of unbranched alkanes of at least 4 members (excludes halogenated alkanes) is 1. The SMILES string of the molecule is CC(C)CCCCC1=NCCN1. The van der Waals surface area contributed by atoms with Gasteiger partial charge in [0.05, 0.1) is 12.4 Å². The molecule has 0 aliphatic carbocycles. The van der Waals surface area contributed by atoms with Gasteiger partial charge in [0.1, 0.15) is 0 Å². The highest BCUT2D eigenvalue weighted by Gasteiger charge is 2.03. The Labute approximate surface area is 75.5 Å². The van der Waals surface area contributed by atoms with Crippen LogP contribution in [0.4, 0.5) is 0 Å². The van der Waals surface area contributed by atoms with Gasteiger partial charge in [-0.15, -0.1) is 0 Å². The highest BCUT2D eigenvalue weighted by molar-refractivity contribution is 5.83. The number of aliphatic imine (C=N–C) groups is 1. The van der Waals surface area contributed by atoms with Gasteiger partial charge >= 0.3 is 0 Å². The van der Waals surface area contributed by atoms with Gasteiger partial charge in [-0.2, -0.15) is 0 Å². The molecule has 1 heterocycles. The molecular formula is C10H20N2. The summed E-state index contributed by atoms with van der Waals surface area (Å²) in [5.41, 5.74) is 0. The van der Waals surface area contributed by atoms with Gasteiger partial charge < -0.3 is 5.32 Å². The minimum Gasteiger partial charge on any atom is -0.372 e. The average molecular weight is 168 g/mol. The first-order valence-electron chi connectivity index (χ1n) is 5.06. The van der Waals surface area contributed by atoms with E-state index in [-0.39, 0.29) is 0 Å². The Morgan fingerprint density at radius 2 is 2.25 bits per heavy atom. The Morgan fingerprint density at radius 1 is 1.42 bits per heavy atom.